The van der Waals surface area contributed by atoms with Crippen LogP contribution in [0.3, 0.4) is 0 Å². The maximum absolute atomic E-state index is 2.58. The number of hydrogen-bond donors (Lipinski definition) is 0. The maximum atomic E-state index is 2.58. The molecule has 2 aliphatic carbocycles. The molecule has 0 spiro atoms. The molecule has 8 aromatic carbocycles. The topological polar surface area (TPSA) is 3.24 Å². The molecule has 0 saturated carbocycles. The van der Waals surface area contributed by atoms with Gasteiger partial charge in [0.05, 0.1) is 5.69 Å². The summed E-state index contributed by atoms with van der Waals surface area (Å²) in [5.41, 5.74) is 20.7. The molecule has 8 aromatic rings. The van der Waals surface area contributed by atoms with Crippen molar-refractivity contribution in [2.75, 3.05) is 4.90 Å². The third-order valence-corrected chi connectivity index (χ3v) is 13.9. The van der Waals surface area contributed by atoms with Gasteiger partial charge in [-0.2, -0.15) is 0 Å². The average molecular weight is 764 g/mol. The van der Waals surface area contributed by atoms with Crippen LogP contribution >= 0.6 is 0 Å². The summed E-state index contributed by atoms with van der Waals surface area (Å²) >= 11 is 0. The van der Waals surface area contributed by atoms with Gasteiger partial charge >= 0.3 is 0 Å². The zero-order valence-corrected chi connectivity index (χ0v) is 35.5. The molecule has 10 rings (SSSR count). The summed E-state index contributed by atoms with van der Waals surface area (Å²) in [5.74, 6) is 0. The molecule has 0 amide bonds. The molecular weight excluding hydrogens is 711 g/mol. The van der Waals surface area contributed by atoms with Crippen LogP contribution in [0.5, 0.6) is 0 Å². The van der Waals surface area contributed by atoms with Gasteiger partial charge in [-0.3, -0.25) is 0 Å². The fraction of sp³-hybridized carbons (Fsp3) is 0.207. The minimum absolute atomic E-state index is 0.0670. The number of fused-ring (bicyclic) bond motifs is 5. The summed E-state index contributed by atoms with van der Waals surface area (Å²) in [7, 11) is 0. The molecule has 0 aliphatic heterocycles. The van der Waals surface area contributed by atoms with Gasteiger partial charge in [-0.15, -0.1) is 0 Å². The van der Waals surface area contributed by atoms with Gasteiger partial charge in [-0.05, 0) is 145 Å². The highest BCUT2D eigenvalue weighted by Gasteiger charge is 2.40. The second-order valence-corrected chi connectivity index (χ2v) is 18.9. The van der Waals surface area contributed by atoms with E-state index in [1.165, 1.54) is 107 Å². The molecule has 0 radical (unpaired) electrons. The van der Waals surface area contributed by atoms with Gasteiger partial charge in [0, 0.05) is 22.4 Å². The van der Waals surface area contributed by atoms with E-state index in [9.17, 15) is 0 Å². The van der Waals surface area contributed by atoms with E-state index in [1.807, 2.05) is 0 Å². The Bertz CT molecular complexity index is 2890. The molecule has 0 bridgehead atoms. The third kappa shape index (κ3) is 6.22. The molecule has 0 unspecified atom stereocenters. The Morgan fingerprint density at radius 3 is 1.58 bits per heavy atom. The standard InChI is InChI=1S/C58H53N/c1-38-33-52-53(57(4,5)32-31-56(52,2)3)37-54(38)59(46-29-27-43(28-30-46)42-23-21-41(22-24-42)39-15-9-8-10-16-39)55-36-51-49(47-19-13-14-20-50(47)58(51,6)7)35-48(55)45-26-25-40-17-11-12-18-44(40)34-45/h8-30,33-37H,31-32H2,1-7H3. The normalized spacial score (nSPS) is 15.6. The second-order valence-electron chi connectivity index (χ2n) is 18.9. The van der Waals surface area contributed by atoms with Gasteiger partial charge in [-0.1, -0.05) is 175 Å². The Balaban J connectivity index is 1.21. The maximum Gasteiger partial charge on any atom is 0.0543 e. The first-order chi connectivity index (χ1) is 28.4. The predicted octanol–water partition coefficient (Wildman–Crippen LogP) is 16.3. The van der Waals surface area contributed by atoms with Crippen LogP contribution in [0.15, 0.2) is 170 Å². The van der Waals surface area contributed by atoms with Crippen LogP contribution in [0.2, 0.25) is 0 Å². The predicted molar refractivity (Wildman–Crippen MR) is 253 cm³/mol. The van der Waals surface area contributed by atoms with Gasteiger partial charge in [0.2, 0.25) is 0 Å². The third-order valence-electron chi connectivity index (χ3n) is 13.9. The van der Waals surface area contributed by atoms with E-state index < -0.39 is 0 Å². The molecule has 290 valence electrons. The molecule has 1 nitrogen and oxygen atoms in total. The largest absolute Gasteiger partial charge is 0.310 e. The molecule has 59 heavy (non-hydrogen) atoms. The number of nitrogens with zero attached hydrogens (tertiary/aromatic N) is 1. The molecule has 0 heterocycles. The highest BCUT2D eigenvalue weighted by Crippen LogP contribution is 2.55. The lowest BCUT2D eigenvalue weighted by Gasteiger charge is -2.43. The van der Waals surface area contributed by atoms with Crippen LogP contribution in [0.1, 0.15) is 82.2 Å². The molecule has 0 aromatic heterocycles. The first kappa shape index (κ1) is 37.1. The monoisotopic (exact) mass is 763 g/mol. The van der Waals surface area contributed by atoms with Crippen molar-refractivity contribution in [3.05, 3.63) is 198 Å². The van der Waals surface area contributed by atoms with Crippen molar-refractivity contribution in [3.63, 3.8) is 0 Å². The molecular formula is C58H53N. The van der Waals surface area contributed by atoms with Crippen LogP contribution in [-0.4, -0.2) is 0 Å². The van der Waals surface area contributed by atoms with Crippen molar-refractivity contribution in [1.82, 2.24) is 0 Å². The van der Waals surface area contributed by atoms with E-state index in [2.05, 4.69) is 223 Å². The number of benzene rings is 8. The molecule has 0 N–H and O–H groups in total. The van der Waals surface area contributed by atoms with E-state index in [0.717, 1.165) is 5.69 Å². The van der Waals surface area contributed by atoms with Crippen molar-refractivity contribution >= 4 is 27.8 Å². The smallest absolute Gasteiger partial charge is 0.0543 e. The zero-order chi connectivity index (χ0) is 40.7. The first-order valence-electron chi connectivity index (χ1n) is 21.4. The number of rotatable bonds is 6. The lowest BCUT2D eigenvalue weighted by molar-refractivity contribution is 0.332. The van der Waals surface area contributed by atoms with E-state index in [1.54, 1.807) is 0 Å². The summed E-state index contributed by atoms with van der Waals surface area (Å²) in [4.78, 5) is 2.58. The average Bonchev–Trinajstić information content (AvgIpc) is 3.48. The fourth-order valence-electron chi connectivity index (χ4n) is 10.2. The molecule has 1 heteroatoms. The van der Waals surface area contributed by atoms with E-state index >= 15 is 0 Å². The fourth-order valence-corrected chi connectivity index (χ4v) is 10.2. The van der Waals surface area contributed by atoms with E-state index in [4.69, 9.17) is 0 Å². The summed E-state index contributed by atoms with van der Waals surface area (Å²) in [5, 5.41) is 2.50. The Labute approximate surface area is 351 Å². The second kappa shape index (κ2) is 13.7. The van der Waals surface area contributed by atoms with Crippen molar-refractivity contribution in [1.29, 1.82) is 0 Å². The van der Waals surface area contributed by atoms with Crippen molar-refractivity contribution in [2.24, 2.45) is 0 Å². The van der Waals surface area contributed by atoms with Gasteiger partial charge in [-0.25, -0.2) is 0 Å². The Morgan fingerprint density at radius 2 is 0.898 bits per heavy atom. The van der Waals surface area contributed by atoms with Crippen LogP contribution in [0, 0.1) is 6.92 Å². The summed E-state index contributed by atoms with van der Waals surface area (Å²) in [6.07, 6.45) is 2.36. The zero-order valence-electron chi connectivity index (χ0n) is 35.5. The van der Waals surface area contributed by atoms with Crippen molar-refractivity contribution in [2.45, 2.75) is 77.6 Å². The van der Waals surface area contributed by atoms with Crippen LogP contribution in [-0.2, 0) is 16.2 Å². The number of hydrogen-bond acceptors (Lipinski definition) is 1. The molecule has 0 fully saturated rings. The summed E-state index contributed by atoms with van der Waals surface area (Å²) in [6.45, 7) is 16.9. The van der Waals surface area contributed by atoms with Gasteiger partial charge < -0.3 is 4.90 Å². The van der Waals surface area contributed by atoms with Crippen LogP contribution in [0.25, 0.3) is 55.3 Å². The number of aryl methyl sites for hydroxylation is 1. The minimum atomic E-state index is -0.152. The van der Waals surface area contributed by atoms with E-state index in [0.29, 0.717) is 0 Å². The molecule has 2 aliphatic rings. The number of anilines is 3. The van der Waals surface area contributed by atoms with Gasteiger partial charge in [0.15, 0.2) is 0 Å². The minimum Gasteiger partial charge on any atom is -0.310 e. The molecule has 0 saturated heterocycles. The highest BCUT2D eigenvalue weighted by molar-refractivity contribution is 5.98. The van der Waals surface area contributed by atoms with Crippen molar-refractivity contribution in [3.8, 4) is 44.5 Å². The van der Waals surface area contributed by atoms with Crippen molar-refractivity contribution < 1.29 is 0 Å². The Kier molecular flexibility index (Phi) is 8.62. The van der Waals surface area contributed by atoms with Crippen LogP contribution < -0.4 is 4.90 Å². The highest BCUT2D eigenvalue weighted by atomic mass is 15.1. The van der Waals surface area contributed by atoms with E-state index in [-0.39, 0.29) is 16.2 Å². The Morgan fingerprint density at radius 1 is 0.373 bits per heavy atom. The quantitative estimate of drug-likeness (QED) is 0.163. The Hall–Kier alpha value is -6.18. The summed E-state index contributed by atoms with van der Waals surface area (Å²) < 4.78 is 0. The lowest BCUT2D eigenvalue weighted by Crippen LogP contribution is -2.34. The molecule has 0 atom stereocenters. The van der Waals surface area contributed by atoms with Crippen LogP contribution in [0.4, 0.5) is 17.1 Å². The lowest BCUT2D eigenvalue weighted by atomic mass is 9.63. The first-order valence-corrected chi connectivity index (χ1v) is 21.4. The van der Waals surface area contributed by atoms with Gasteiger partial charge in [0.25, 0.3) is 0 Å². The summed E-state index contributed by atoms with van der Waals surface area (Å²) in [6, 6.07) is 63.8. The van der Waals surface area contributed by atoms with Gasteiger partial charge in [0.1, 0.15) is 0 Å². The SMILES string of the molecule is Cc1cc2c(cc1N(c1ccc(-c3ccc(-c4ccccc4)cc3)cc1)c1cc3c(cc1-c1ccc4ccccc4c1)-c1ccccc1C3(C)C)C(C)(C)CCC2(C)C.